The normalized spacial score (nSPS) is 12.5. The molecule has 0 saturated heterocycles. The number of guanidine groups is 1. The van der Waals surface area contributed by atoms with Crippen LogP contribution in [0.3, 0.4) is 0 Å². The molecule has 0 aliphatic rings. The zero-order valence-electron chi connectivity index (χ0n) is 15.2. The van der Waals surface area contributed by atoms with Crippen molar-refractivity contribution in [3.8, 4) is 5.75 Å². The van der Waals surface area contributed by atoms with E-state index in [1.807, 2.05) is 0 Å². The molecule has 0 saturated carbocycles. The molecule has 148 valence electrons. The Morgan fingerprint density at radius 2 is 2.00 bits per heavy atom. The third kappa shape index (κ3) is 7.52. The molecule has 7 nitrogen and oxygen atoms in total. The average Bonchev–Trinajstić information content (AvgIpc) is 2.61. The molecule has 0 fully saturated rings. The predicted molar refractivity (Wildman–Crippen MR) is 98.0 cm³/mol. The standard InChI is InChI=1S/C16H26F2N4O3S/c1-4-26(23,24)22(3)11-7-10-20-16(19-2)21-12-13-8-5-6-9-14(13)25-15(17)18/h5-6,8-9,15H,4,7,10-12H2,1-3H3,(H2,19,20,21). The SMILES string of the molecule is CCS(=O)(=O)N(C)CCCNC(=NC)NCc1ccccc1OC(F)F. The molecule has 0 radical (unpaired) electrons. The third-order valence-electron chi connectivity index (χ3n) is 3.64. The van der Waals surface area contributed by atoms with Crippen molar-refractivity contribution in [1.82, 2.24) is 14.9 Å². The van der Waals surface area contributed by atoms with Gasteiger partial charge in [0.2, 0.25) is 10.0 Å². The molecule has 0 heterocycles. The number of alkyl halides is 2. The number of aliphatic imine (C=N–C) groups is 1. The molecule has 1 rings (SSSR count). The molecule has 1 aromatic rings. The van der Waals surface area contributed by atoms with Gasteiger partial charge in [-0.15, -0.1) is 0 Å². The number of hydrogen-bond donors (Lipinski definition) is 2. The Labute approximate surface area is 153 Å². The van der Waals surface area contributed by atoms with E-state index >= 15 is 0 Å². The Hall–Kier alpha value is -1.94. The van der Waals surface area contributed by atoms with Crippen LogP contribution in [-0.4, -0.2) is 58.2 Å². The minimum Gasteiger partial charge on any atom is -0.434 e. The highest BCUT2D eigenvalue weighted by Crippen LogP contribution is 2.19. The Balaban J connectivity index is 2.45. The lowest BCUT2D eigenvalue weighted by molar-refractivity contribution is -0.0504. The molecule has 0 unspecified atom stereocenters. The quantitative estimate of drug-likeness (QED) is 0.359. The van der Waals surface area contributed by atoms with Crippen molar-refractivity contribution in [3.63, 3.8) is 0 Å². The number of benzene rings is 1. The van der Waals surface area contributed by atoms with Crippen LogP contribution in [-0.2, 0) is 16.6 Å². The molecular weight excluding hydrogens is 366 g/mol. The lowest BCUT2D eigenvalue weighted by Crippen LogP contribution is -2.38. The summed E-state index contributed by atoms with van der Waals surface area (Å²) in [5.74, 6) is 0.662. The summed E-state index contributed by atoms with van der Waals surface area (Å²) in [5.41, 5.74) is 0.574. The first-order chi connectivity index (χ1) is 12.3. The van der Waals surface area contributed by atoms with Gasteiger partial charge in [-0.2, -0.15) is 8.78 Å². The van der Waals surface area contributed by atoms with E-state index in [4.69, 9.17) is 0 Å². The second-order valence-corrected chi connectivity index (χ2v) is 7.78. The number of rotatable bonds is 10. The van der Waals surface area contributed by atoms with Gasteiger partial charge in [0.15, 0.2) is 5.96 Å². The second kappa shape index (κ2) is 10.9. The summed E-state index contributed by atoms with van der Waals surface area (Å²) in [6, 6.07) is 6.51. The Morgan fingerprint density at radius 3 is 2.62 bits per heavy atom. The van der Waals surface area contributed by atoms with Crippen LogP contribution in [0.4, 0.5) is 8.78 Å². The summed E-state index contributed by atoms with van der Waals surface area (Å²) in [5, 5.41) is 6.06. The number of para-hydroxylation sites is 1. The smallest absolute Gasteiger partial charge is 0.387 e. The summed E-state index contributed by atoms with van der Waals surface area (Å²) < 4.78 is 54.0. The van der Waals surface area contributed by atoms with Gasteiger partial charge < -0.3 is 15.4 Å². The first-order valence-electron chi connectivity index (χ1n) is 8.21. The molecule has 0 bridgehead atoms. The minimum absolute atomic E-state index is 0.0697. The van der Waals surface area contributed by atoms with Gasteiger partial charge in [-0.3, -0.25) is 4.99 Å². The number of ether oxygens (including phenoxy) is 1. The highest BCUT2D eigenvalue weighted by Gasteiger charge is 2.14. The maximum Gasteiger partial charge on any atom is 0.387 e. The zero-order chi connectivity index (χ0) is 19.6. The molecule has 2 N–H and O–H groups in total. The van der Waals surface area contributed by atoms with E-state index in [0.717, 1.165) is 0 Å². The van der Waals surface area contributed by atoms with Gasteiger partial charge in [-0.25, -0.2) is 12.7 Å². The van der Waals surface area contributed by atoms with Crippen molar-refractivity contribution in [2.24, 2.45) is 4.99 Å². The van der Waals surface area contributed by atoms with Gasteiger partial charge in [-0.1, -0.05) is 18.2 Å². The van der Waals surface area contributed by atoms with Gasteiger partial charge in [0.05, 0.1) is 5.75 Å². The summed E-state index contributed by atoms with van der Waals surface area (Å²) in [6.45, 7) is -0.119. The number of halogens is 2. The average molecular weight is 392 g/mol. The van der Waals surface area contributed by atoms with E-state index in [-0.39, 0.29) is 18.0 Å². The largest absolute Gasteiger partial charge is 0.434 e. The summed E-state index contributed by atoms with van der Waals surface area (Å²) in [4.78, 5) is 4.05. The molecule has 0 aliphatic carbocycles. The predicted octanol–water partition coefficient (Wildman–Crippen LogP) is 1.62. The van der Waals surface area contributed by atoms with E-state index in [9.17, 15) is 17.2 Å². The van der Waals surface area contributed by atoms with E-state index < -0.39 is 16.6 Å². The van der Waals surface area contributed by atoms with Crippen LogP contribution in [0.25, 0.3) is 0 Å². The zero-order valence-corrected chi connectivity index (χ0v) is 16.0. The lowest BCUT2D eigenvalue weighted by Gasteiger charge is -2.17. The van der Waals surface area contributed by atoms with Crippen LogP contribution in [0, 0.1) is 0 Å². The van der Waals surface area contributed by atoms with Gasteiger partial charge in [0.25, 0.3) is 0 Å². The molecule has 1 aromatic carbocycles. The first kappa shape index (κ1) is 22.1. The van der Waals surface area contributed by atoms with E-state index in [1.165, 1.54) is 10.4 Å². The van der Waals surface area contributed by atoms with E-state index in [1.54, 1.807) is 39.2 Å². The Kier molecular flexibility index (Phi) is 9.28. The van der Waals surface area contributed by atoms with Crippen molar-refractivity contribution >= 4 is 16.0 Å². The number of nitrogens with zero attached hydrogens (tertiary/aromatic N) is 2. The third-order valence-corrected chi connectivity index (χ3v) is 5.50. The van der Waals surface area contributed by atoms with Crippen LogP contribution in [0.15, 0.2) is 29.3 Å². The monoisotopic (exact) mass is 392 g/mol. The number of sulfonamides is 1. The van der Waals surface area contributed by atoms with Crippen molar-refractivity contribution in [1.29, 1.82) is 0 Å². The molecule has 0 atom stereocenters. The highest BCUT2D eigenvalue weighted by molar-refractivity contribution is 7.89. The topological polar surface area (TPSA) is 83.0 Å². The minimum atomic E-state index is -3.18. The van der Waals surface area contributed by atoms with Crippen LogP contribution < -0.4 is 15.4 Å². The van der Waals surface area contributed by atoms with Gasteiger partial charge in [0.1, 0.15) is 5.75 Å². The molecule has 0 aliphatic heterocycles. The highest BCUT2D eigenvalue weighted by atomic mass is 32.2. The molecule has 0 spiro atoms. The maximum atomic E-state index is 12.4. The molecular formula is C16H26F2N4O3S. The Bertz CT molecular complexity index is 684. The second-order valence-electron chi connectivity index (χ2n) is 5.41. The van der Waals surface area contributed by atoms with Crippen LogP contribution in [0.1, 0.15) is 18.9 Å². The fourth-order valence-electron chi connectivity index (χ4n) is 2.13. The fraction of sp³-hybridized carbons (Fsp3) is 0.562. The van der Waals surface area contributed by atoms with E-state index in [2.05, 4.69) is 20.4 Å². The van der Waals surface area contributed by atoms with Crippen molar-refractivity contribution in [2.75, 3.05) is 32.9 Å². The molecule has 10 heteroatoms. The lowest BCUT2D eigenvalue weighted by atomic mass is 10.2. The molecule has 26 heavy (non-hydrogen) atoms. The van der Waals surface area contributed by atoms with Gasteiger partial charge in [-0.05, 0) is 19.4 Å². The first-order valence-corrected chi connectivity index (χ1v) is 9.82. The van der Waals surface area contributed by atoms with Crippen LogP contribution in [0.5, 0.6) is 5.75 Å². The molecule has 0 aromatic heterocycles. The van der Waals surface area contributed by atoms with Gasteiger partial charge in [0, 0.05) is 39.3 Å². The van der Waals surface area contributed by atoms with Crippen molar-refractivity contribution in [2.45, 2.75) is 26.5 Å². The van der Waals surface area contributed by atoms with E-state index in [0.29, 0.717) is 31.0 Å². The van der Waals surface area contributed by atoms with Gasteiger partial charge >= 0.3 is 6.61 Å². The van der Waals surface area contributed by atoms with Crippen LogP contribution >= 0.6 is 0 Å². The van der Waals surface area contributed by atoms with Crippen molar-refractivity contribution in [3.05, 3.63) is 29.8 Å². The Morgan fingerprint density at radius 1 is 1.31 bits per heavy atom. The fourth-order valence-corrected chi connectivity index (χ4v) is 2.98. The maximum absolute atomic E-state index is 12.4. The summed E-state index contributed by atoms with van der Waals surface area (Å²) in [7, 11) is -0.0456. The summed E-state index contributed by atoms with van der Waals surface area (Å²) in [6.07, 6.45) is 0.599. The van der Waals surface area contributed by atoms with Crippen molar-refractivity contribution < 1.29 is 21.9 Å². The molecule has 0 amide bonds. The number of hydrogen-bond acceptors (Lipinski definition) is 4. The summed E-state index contributed by atoms with van der Waals surface area (Å²) >= 11 is 0. The van der Waals surface area contributed by atoms with Crippen LogP contribution in [0.2, 0.25) is 0 Å². The number of nitrogens with one attached hydrogen (secondary N) is 2.